The number of ether oxygens (including phenoxy) is 2. The van der Waals surface area contributed by atoms with Gasteiger partial charge >= 0.3 is 11.9 Å². The average Bonchev–Trinajstić information content (AvgIpc) is 3.08. The fourth-order valence-corrected chi connectivity index (χ4v) is 4.64. The van der Waals surface area contributed by atoms with Crippen LogP contribution in [-0.4, -0.2) is 50.8 Å². The van der Waals surface area contributed by atoms with Gasteiger partial charge in [-0.05, 0) is 43.3 Å². The number of fused-ring (bicyclic) bond motifs is 1. The summed E-state index contributed by atoms with van der Waals surface area (Å²) in [4.78, 5) is 41.1. The van der Waals surface area contributed by atoms with Crippen LogP contribution in [0.25, 0.3) is 10.2 Å². The molecule has 11 heteroatoms. The van der Waals surface area contributed by atoms with Crippen molar-refractivity contribution in [3.05, 3.63) is 58.4 Å². The molecule has 0 aliphatic rings. The first kappa shape index (κ1) is 23.4. The lowest BCUT2D eigenvalue weighted by atomic mass is 10.2. The molecule has 32 heavy (non-hydrogen) atoms. The highest BCUT2D eigenvalue weighted by atomic mass is 32.2. The second-order valence-electron chi connectivity index (χ2n) is 6.67. The molecule has 2 aromatic carbocycles. The van der Waals surface area contributed by atoms with Gasteiger partial charge in [0.1, 0.15) is 6.54 Å². The first-order chi connectivity index (χ1) is 15.1. The van der Waals surface area contributed by atoms with Gasteiger partial charge in [0.15, 0.2) is 14.6 Å². The quantitative estimate of drug-likeness (QED) is 0.500. The SMILES string of the molecule is CCOC(=O)Cn1c(=NC(=O)c2cccc(S(C)(=O)=O)c2)sc2cc(C(=O)OC)ccc21. The number of aromatic nitrogens is 1. The van der Waals surface area contributed by atoms with E-state index in [2.05, 4.69) is 4.99 Å². The minimum Gasteiger partial charge on any atom is -0.465 e. The van der Waals surface area contributed by atoms with Crippen molar-refractivity contribution in [2.24, 2.45) is 4.99 Å². The van der Waals surface area contributed by atoms with E-state index in [1.165, 1.54) is 35.9 Å². The smallest absolute Gasteiger partial charge is 0.337 e. The maximum atomic E-state index is 12.8. The molecular formula is C21H20N2O7S2. The molecule has 1 aromatic heterocycles. The number of nitrogens with zero attached hydrogens (tertiary/aromatic N) is 2. The molecule has 0 spiro atoms. The Morgan fingerprint density at radius 3 is 2.50 bits per heavy atom. The van der Waals surface area contributed by atoms with Gasteiger partial charge in [0.25, 0.3) is 5.91 Å². The van der Waals surface area contributed by atoms with Gasteiger partial charge in [0.2, 0.25) is 0 Å². The zero-order valence-corrected chi connectivity index (χ0v) is 19.2. The Bertz CT molecular complexity index is 1380. The number of amides is 1. The van der Waals surface area contributed by atoms with Gasteiger partial charge in [0.05, 0.1) is 34.4 Å². The molecule has 0 unspecified atom stereocenters. The molecule has 0 saturated heterocycles. The fraction of sp³-hybridized carbons (Fsp3) is 0.238. The molecule has 1 amide bonds. The molecule has 168 valence electrons. The van der Waals surface area contributed by atoms with Crippen molar-refractivity contribution in [1.82, 2.24) is 4.57 Å². The first-order valence-electron chi connectivity index (χ1n) is 9.40. The van der Waals surface area contributed by atoms with Crippen LogP contribution in [-0.2, 0) is 30.7 Å². The Morgan fingerprint density at radius 1 is 1.09 bits per heavy atom. The summed E-state index contributed by atoms with van der Waals surface area (Å²) in [5.74, 6) is -1.71. The van der Waals surface area contributed by atoms with Crippen molar-refractivity contribution >= 4 is 49.2 Å². The van der Waals surface area contributed by atoms with Crippen molar-refractivity contribution in [3.63, 3.8) is 0 Å². The van der Waals surface area contributed by atoms with Crippen LogP contribution in [0.1, 0.15) is 27.6 Å². The summed E-state index contributed by atoms with van der Waals surface area (Å²) in [5, 5.41) is 0. The van der Waals surface area contributed by atoms with Crippen molar-refractivity contribution in [3.8, 4) is 0 Å². The van der Waals surface area contributed by atoms with Gasteiger partial charge in [-0.25, -0.2) is 13.2 Å². The van der Waals surface area contributed by atoms with Gasteiger partial charge in [-0.3, -0.25) is 9.59 Å². The number of thiazole rings is 1. The van der Waals surface area contributed by atoms with Crippen LogP contribution in [0.5, 0.6) is 0 Å². The second-order valence-corrected chi connectivity index (χ2v) is 9.69. The number of methoxy groups -OCH3 is 1. The molecule has 3 aromatic rings. The number of esters is 2. The van der Waals surface area contributed by atoms with Gasteiger partial charge in [-0.1, -0.05) is 17.4 Å². The summed E-state index contributed by atoms with van der Waals surface area (Å²) < 4.78 is 35.5. The number of hydrogen-bond acceptors (Lipinski definition) is 8. The summed E-state index contributed by atoms with van der Waals surface area (Å²) in [6.07, 6.45) is 1.05. The van der Waals surface area contributed by atoms with Crippen molar-refractivity contribution in [2.45, 2.75) is 18.4 Å². The lowest BCUT2D eigenvalue weighted by Crippen LogP contribution is -2.23. The molecule has 1 heterocycles. The number of sulfone groups is 1. The monoisotopic (exact) mass is 476 g/mol. The molecule has 0 atom stereocenters. The largest absolute Gasteiger partial charge is 0.465 e. The molecule has 0 saturated carbocycles. The number of benzene rings is 2. The molecule has 0 N–H and O–H groups in total. The average molecular weight is 477 g/mol. The van der Waals surface area contributed by atoms with Gasteiger partial charge in [0, 0.05) is 11.8 Å². The van der Waals surface area contributed by atoms with E-state index in [9.17, 15) is 22.8 Å². The lowest BCUT2D eigenvalue weighted by molar-refractivity contribution is -0.143. The molecule has 0 fully saturated rings. The van der Waals surface area contributed by atoms with Crippen LogP contribution < -0.4 is 4.80 Å². The number of carbonyl (C=O) groups excluding carboxylic acids is 3. The maximum absolute atomic E-state index is 12.8. The highest BCUT2D eigenvalue weighted by Gasteiger charge is 2.16. The summed E-state index contributed by atoms with van der Waals surface area (Å²) in [6.45, 7) is 1.68. The van der Waals surface area contributed by atoms with Crippen LogP contribution in [0, 0.1) is 0 Å². The van der Waals surface area contributed by atoms with Crippen molar-refractivity contribution < 1.29 is 32.3 Å². The Morgan fingerprint density at radius 2 is 1.84 bits per heavy atom. The van der Waals surface area contributed by atoms with Gasteiger partial charge in [-0.2, -0.15) is 4.99 Å². The Balaban J connectivity index is 2.14. The van der Waals surface area contributed by atoms with E-state index >= 15 is 0 Å². The zero-order chi connectivity index (χ0) is 23.5. The second kappa shape index (κ2) is 9.45. The van der Waals surface area contributed by atoms with Crippen molar-refractivity contribution in [2.75, 3.05) is 20.0 Å². The van der Waals surface area contributed by atoms with Gasteiger partial charge < -0.3 is 14.0 Å². The number of hydrogen-bond donors (Lipinski definition) is 0. The predicted molar refractivity (Wildman–Crippen MR) is 117 cm³/mol. The van der Waals surface area contributed by atoms with Crippen molar-refractivity contribution in [1.29, 1.82) is 0 Å². The van der Waals surface area contributed by atoms with E-state index in [4.69, 9.17) is 9.47 Å². The van der Waals surface area contributed by atoms with E-state index in [1.54, 1.807) is 25.1 Å². The Hall–Kier alpha value is -3.31. The predicted octanol–water partition coefficient (Wildman–Crippen LogP) is 2.20. The van der Waals surface area contributed by atoms with E-state index < -0.39 is 27.7 Å². The summed E-state index contributed by atoms with van der Waals surface area (Å²) >= 11 is 1.10. The molecule has 3 rings (SSSR count). The van der Waals surface area contributed by atoms with E-state index in [0.717, 1.165) is 17.6 Å². The van der Waals surface area contributed by atoms with Crippen LogP contribution in [0.2, 0.25) is 0 Å². The molecule has 9 nitrogen and oxygen atoms in total. The highest BCUT2D eigenvalue weighted by molar-refractivity contribution is 7.90. The van der Waals surface area contributed by atoms with Crippen LogP contribution in [0.15, 0.2) is 52.4 Å². The third-order valence-electron chi connectivity index (χ3n) is 4.40. The Labute approximate surface area is 187 Å². The molecule has 0 aliphatic heterocycles. The zero-order valence-electron chi connectivity index (χ0n) is 17.5. The third-order valence-corrected chi connectivity index (χ3v) is 6.55. The normalized spacial score (nSPS) is 12.0. The van der Waals surface area contributed by atoms with Crippen LogP contribution in [0.4, 0.5) is 0 Å². The summed E-state index contributed by atoms with van der Waals surface area (Å²) in [6, 6.07) is 10.3. The first-order valence-corrected chi connectivity index (χ1v) is 12.1. The minimum absolute atomic E-state index is 0.00277. The summed E-state index contributed by atoms with van der Waals surface area (Å²) in [7, 11) is -2.23. The lowest BCUT2D eigenvalue weighted by Gasteiger charge is -2.06. The minimum atomic E-state index is -3.50. The Kier molecular flexibility index (Phi) is 6.90. The van der Waals surface area contributed by atoms with Gasteiger partial charge in [-0.15, -0.1) is 0 Å². The topological polar surface area (TPSA) is 121 Å². The maximum Gasteiger partial charge on any atom is 0.337 e. The molecular weight excluding hydrogens is 456 g/mol. The van der Waals surface area contributed by atoms with E-state index in [0.29, 0.717) is 15.8 Å². The molecule has 0 radical (unpaired) electrons. The summed E-state index contributed by atoms with van der Waals surface area (Å²) in [5.41, 5.74) is 0.971. The number of rotatable bonds is 6. The standard InChI is InChI=1S/C21H20N2O7S2/c1-4-30-18(24)12-23-16-9-8-14(20(26)29-2)11-17(16)31-21(23)22-19(25)13-6-5-7-15(10-13)32(3,27)28/h5-11H,4,12H2,1-3H3. The van der Waals surface area contributed by atoms with Crippen LogP contribution >= 0.6 is 11.3 Å². The van der Waals surface area contributed by atoms with Crippen LogP contribution in [0.3, 0.4) is 0 Å². The molecule has 0 bridgehead atoms. The van der Waals surface area contributed by atoms with E-state index in [-0.39, 0.29) is 28.4 Å². The van der Waals surface area contributed by atoms with E-state index in [1.807, 2.05) is 0 Å². The number of carbonyl (C=O) groups is 3. The fourth-order valence-electron chi connectivity index (χ4n) is 2.90. The molecule has 0 aliphatic carbocycles. The third kappa shape index (κ3) is 5.11. The highest BCUT2D eigenvalue weighted by Crippen LogP contribution is 2.20.